The van der Waals surface area contributed by atoms with Gasteiger partial charge in [0.2, 0.25) is 0 Å². The molecule has 0 unspecified atom stereocenters. The van der Waals surface area contributed by atoms with Crippen LogP contribution in [0.5, 0.6) is 0 Å². The summed E-state index contributed by atoms with van der Waals surface area (Å²) >= 11 is 0. The first-order valence-corrected chi connectivity index (χ1v) is 6.06. The predicted molar refractivity (Wildman–Crippen MR) is 65.9 cm³/mol. The van der Waals surface area contributed by atoms with Crippen LogP contribution >= 0.6 is 0 Å². The van der Waals surface area contributed by atoms with Crippen LogP contribution in [0.3, 0.4) is 0 Å². The fourth-order valence-corrected chi connectivity index (χ4v) is 2.29. The first-order chi connectivity index (χ1) is 8.91. The van der Waals surface area contributed by atoms with Crippen molar-refractivity contribution >= 4 is 17.3 Å². The topological polar surface area (TPSA) is 86.1 Å². The van der Waals surface area contributed by atoms with E-state index in [-0.39, 0.29) is 18.4 Å². The zero-order valence-corrected chi connectivity index (χ0v) is 10.8. The zero-order chi connectivity index (χ0) is 14.2. The third-order valence-electron chi connectivity index (χ3n) is 3.20. The summed E-state index contributed by atoms with van der Waals surface area (Å²) in [5, 5.41) is 3.88. The number of rotatable bonds is 2. The average molecular weight is 262 g/mol. The maximum Gasteiger partial charge on any atom is 0.277 e. The number of Topliss-reactive ketones (excluding diaryl/α,β-unsaturated/α-hetero) is 3. The lowest BCUT2D eigenvalue weighted by Crippen LogP contribution is -2.39. The Labute approximate surface area is 109 Å². The number of ketones is 3. The van der Waals surface area contributed by atoms with Gasteiger partial charge >= 0.3 is 0 Å². The number of aromatic nitrogens is 2. The summed E-state index contributed by atoms with van der Waals surface area (Å²) in [5.74, 6) is -2.78. The van der Waals surface area contributed by atoms with Gasteiger partial charge in [-0.2, -0.15) is 5.10 Å². The lowest BCUT2D eigenvalue weighted by molar-refractivity contribution is -0.133. The highest BCUT2D eigenvalue weighted by Gasteiger charge is 2.37. The van der Waals surface area contributed by atoms with Gasteiger partial charge in [-0.25, -0.2) is 4.68 Å². The van der Waals surface area contributed by atoms with Crippen molar-refractivity contribution in [3.8, 4) is 0 Å². The number of carbonyl (C=O) groups is 3. The summed E-state index contributed by atoms with van der Waals surface area (Å²) in [6.45, 7) is 1.64. The predicted octanol–water partition coefficient (Wildman–Crippen LogP) is 0.210. The van der Waals surface area contributed by atoms with Crippen molar-refractivity contribution in [3.05, 3.63) is 27.7 Å². The Morgan fingerprint density at radius 3 is 2.42 bits per heavy atom. The molecular formula is C13H14N2O4. The van der Waals surface area contributed by atoms with E-state index in [0.717, 1.165) is 4.68 Å². The number of hydrogen-bond acceptors (Lipinski definition) is 5. The largest absolute Gasteiger partial charge is 0.298 e. The molecule has 1 aromatic heterocycles. The number of nitrogens with zero attached hydrogens (tertiary/aromatic N) is 2. The fraction of sp³-hybridized carbons (Fsp3) is 0.462. The van der Waals surface area contributed by atoms with E-state index in [1.165, 1.54) is 13.1 Å². The van der Waals surface area contributed by atoms with E-state index in [0.29, 0.717) is 12.1 Å². The minimum absolute atomic E-state index is 0.136. The smallest absolute Gasteiger partial charge is 0.277 e. The molecule has 0 N–H and O–H groups in total. The van der Waals surface area contributed by atoms with Crippen molar-refractivity contribution in [1.29, 1.82) is 0 Å². The molecule has 0 radical (unpaired) electrons. The molecule has 0 bridgehead atoms. The third-order valence-corrected chi connectivity index (χ3v) is 3.20. The highest BCUT2D eigenvalue weighted by atomic mass is 16.2. The first kappa shape index (κ1) is 13.3. The van der Waals surface area contributed by atoms with Gasteiger partial charge in [0.15, 0.2) is 17.3 Å². The van der Waals surface area contributed by atoms with E-state index < -0.39 is 28.8 Å². The molecular weight excluding hydrogens is 248 g/mol. The van der Waals surface area contributed by atoms with E-state index in [1.807, 2.05) is 0 Å². The van der Waals surface area contributed by atoms with E-state index in [2.05, 4.69) is 5.10 Å². The molecule has 100 valence electrons. The van der Waals surface area contributed by atoms with Gasteiger partial charge in [-0.3, -0.25) is 19.2 Å². The summed E-state index contributed by atoms with van der Waals surface area (Å²) in [6, 6.07) is 1.33. The van der Waals surface area contributed by atoms with Crippen molar-refractivity contribution in [2.75, 3.05) is 0 Å². The minimum atomic E-state index is -1.30. The number of hydrogen-bond donors (Lipinski definition) is 0. The first-order valence-electron chi connectivity index (χ1n) is 6.06. The Morgan fingerprint density at radius 2 is 1.84 bits per heavy atom. The van der Waals surface area contributed by atoms with Crippen molar-refractivity contribution in [1.82, 2.24) is 9.78 Å². The molecule has 1 aromatic rings. The van der Waals surface area contributed by atoms with Crippen molar-refractivity contribution in [3.63, 3.8) is 0 Å². The van der Waals surface area contributed by atoms with E-state index >= 15 is 0 Å². The molecule has 1 fully saturated rings. The molecule has 0 amide bonds. The Bertz CT molecular complexity index is 614. The van der Waals surface area contributed by atoms with Gasteiger partial charge in [0.25, 0.3) is 5.56 Å². The van der Waals surface area contributed by atoms with Crippen molar-refractivity contribution < 1.29 is 14.4 Å². The molecule has 0 atom stereocenters. The monoisotopic (exact) mass is 262 g/mol. The van der Waals surface area contributed by atoms with Crippen LogP contribution in [0.2, 0.25) is 0 Å². The van der Waals surface area contributed by atoms with Crippen LogP contribution in [0.1, 0.15) is 35.3 Å². The number of carbonyl (C=O) groups excluding carboxylic acids is 3. The molecule has 1 saturated carbocycles. The second kappa shape index (κ2) is 4.87. The minimum Gasteiger partial charge on any atom is -0.298 e. The molecule has 0 spiro atoms. The number of aryl methyl sites for hydroxylation is 2. The van der Waals surface area contributed by atoms with Crippen LogP contribution in [0, 0.1) is 12.8 Å². The summed E-state index contributed by atoms with van der Waals surface area (Å²) in [6.07, 6.45) is 0.911. The highest BCUT2D eigenvalue weighted by molar-refractivity contribution is 6.24. The molecule has 1 heterocycles. The van der Waals surface area contributed by atoms with E-state index in [1.54, 1.807) is 6.92 Å². The standard InChI is InChI=1S/C13H14N2O4/c1-7-6-8(13(19)15(2)14-7)12(18)11-9(16)4-3-5-10(11)17/h6,11H,3-5H2,1-2H3. The maximum atomic E-state index is 12.3. The van der Waals surface area contributed by atoms with Gasteiger partial charge < -0.3 is 0 Å². The van der Waals surface area contributed by atoms with E-state index in [4.69, 9.17) is 0 Å². The zero-order valence-electron chi connectivity index (χ0n) is 10.8. The molecule has 0 aromatic carbocycles. The molecule has 19 heavy (non-hydrogen) atoms. The summed E-state index contributed by atoms with van der Waals surface area (Å²) in [5.41, 5.74) is -0.230. The third kappa shape index (κ3) is 2.38. The fourth-order valence-electron chi connectivity index (χ4n) is 2.29. The van der Waals surface area contributed by atoms with Gasteiger partial charge in [-0.1, -0.05) is 0 Å². The van der Waals surface area contributed by atoms with Crippen LogP contribution < -0.4 is 5.56 Å². The normalized spacial score (nSPS) is 16.7. The van der Waals surface area contributed by atoms with Gasteiger partial charge in [0.05, 0.1) is 11.3 Å². The molecule has 1 aliphatic rings. The van der Waals surface area contributed by atoms with Gasteiger partial charge in [-0.05, 0) is 19.4 Å². The quantitative estimate of drug-likeness (QED) is 0.561. The Balaban J connectivity index is 2.47. The van der Waals surface area contributed by atoms with E-state index in [9.17, 15) is 19.2 Å². The molecule has 1 aliphatic carbocycles. The highest BCUT2D eigenvalue weighted by Crippen LogP contribution is 2.20. The van der Waals surface area contributed by atoms with Crippen molar-refractivity contribution in [2.24, 2.45) is 13.0 Å². The lowest BCUT2D eigenvalue weighted by Gasteiger charge is -2.18. The SMILES string of the molecule is Cc1cc(C(=O)C2C(=O)CCCC2=O)c(=O)n(C)n1. The molecule has 6 heteroatoms. The second-order valence-corrected chi connectivity index (χ2v) is 4.71. The molecule has 6 nitrogen and oxygen atoms in total. The summed E-state index contributed by atoms with van der Waals surface area (Å²) in [7, 11) is 1.43. The van der Waals surface area contributed by atoms with Crippen LogP contribution in [-0.2, 0) is 16.6 Å². The van der Waals surface area contributed by atoms with Crippen LogP contribution in [0.15, 0.2) is 10.9 Å². The van der Waals surface area contributed by atoms with Gasteiger partial charge in [-0.15, -0.1) is 0 Å². The Morgan fingerprint density at radius 1 is 1.26 bits per heavy atom. The second-order valence-electron chi connectivity index (χ2n) is 4.71. The van der Waals surface area contributed by atoms with Gasteiger partial charge in [0, 0.05) is 19.9 Å². The Hall–Kier alpha value is -2.11. The summed E-state index contributed by atoms with van der Waals surface area (Å²) in [4.78, 5) is 47.6. The summed E-state index contributed by atoms with van der Waals surface area (Å²) < 4.78 is 1.04. The molecule has 0 aliphatic heterocycles. The lowest BCUT2D eigenvalue weighted by atomic mass is 9.82. The Kier molecular flexibility index (Phi) is 3.42. The van der Waals surface area contributed by atoms with Gasteiger partial charge in [0.1, 0.15) is 5.92 Å². The molecule has 0 saturated heterocycles. The molecule has 2 rings (SSSR count). The van der Waals surface area contributed by atoms with Crippen LogP contribution in [0.25, 0.3) is 0 Å². The van der Waals surface area contributed by atoms with Crippen LogP contribution in [0.4, 0.5) is 0 Å². The van der Waals surface area contributed by atoms with Crippen molar-refractivity contribution in [2.45, 2.75) is 26.2 Å². The van der Waals surface area contributed by atoms with Crippen LogP contribution in [-0.4, -0.2) is 27.1 Å². The average Bonchev–Trinajstić information content (AvgIpc) is 2.33. The maximum absolute atomic E-state index is 12.3.